The molecule has 1 aromatic carbocycles. The molecule has 0 bridgehead atoms. The van der Waals surface area contributed by atoms with Crippen LogP contribution in [0.4, 0.5) is 0 Å². The normalized spacial score (nSPS) is 10.9. The minimum atomic E-state index is -0.428. The molecule has 0 unspecified atom stereocenters. The van der Waals surface area contributed by atoms with E-state index < -0.39 is 5.97 Å². The highest BCUT2D eigenvalue weighted by Gasteiger charge is 2.05. The highest BCUT2D eigenvalue weighted by Crippen LogP contribution is 2.25. The van der Waals surface area contributed by atoms with E-state index in [4.69, 9.17) is 9.47 Å². The Morgan fingerprint density at radius 2 is 1.88 bits per heavy atom. The van der Waals surface area contributed by atoms with Crippen LogP contribution in [0.3, 0.4) is 0 Å². The van der Waals surface area contributed by atoms with Crippen LogP contribution in [0.2, 0.25) is 0 Å². The number of methoxy groups -OCH3 is 1. The molecular weight excluding hydrogens is 204 g/mol. The Morgan fingerprint density at radius 1 is 1.19 bits per heavy atom. The summed E-state index contributed by atoms with van der Waals surface area (Å²) < 4.78 is 10.2. The smallest absolute Gasteiger partial charge is 0.336 e. The molecule has 3 heteroatoms. The first-order valence-corrected chi connectivity index (χ1v) is 4.92. The molecular formula is C13H14O3. The number of benzene rings is 1. The van der Waals surface area contributed by atoms with Crippen LogP contribution in [0.1, 0.15) is 6.92 Å². The number of esters is 1. The predicted octanol–water partition coefficient (Wildman–Crippen LogP) is 2.73. The first-order chi connectivity index (χ1) is 7.77. The van der Waals surface area contributed by atoms with E-state index in [-0.39, 0.29) is 0 Å². The maximum atomic E-state index is 11.4. The molecule has 0 heterocycles. The summed E-state index contributed by atoms with van der Waals surface area (Å²) in [6.45, 7) is 1.87. The Hall–Kier alpha value is -2.03. The number of carbonyl (C=O) groups is 1. The second kappa shape index (κ2) is 6.45. The molecule has 0 aliphatic heterocycles. The van der Waals surface area contributed by atoms with Gasteiger partial charge in [-0.05, 0) is 19.1 Å². The van der Waals surface area contributed by atoms with E-state index in [1.165, 1.54) is 13.2 Å². The summed E-state index contributed by atoms with van der Waals surface area (Å²) >= 11 is 0. The van der Waals surface area contributed by atoms with Gasteiger partial charge in [-0.15, -0.1) is 0 Å². The Bertz CT molecular complexity index is 405. The minimum absolute atomic E-state index is 0.417. The topological polar surface area (TPSA) is 35.5 Å². The zero-order valence-corrected chi connectivity index (χ0v) is 9.34. The van der Waals surface area contributed by atoms with Gasteiger partial charge in [0.15, 0.2) is 11.5 Å². The number of hydrogen-bond acceptors (Lipinski definition) is 3. The molecule has 0 radical (unpaired) electrons. The molecule has 0 N–H and O–H groups in total. The lowest BCUT2D eigenvalue weighted by atomic mass is 10.3. The molecule has 0 aliphatic rings. The molecule has 0 saturated heterocycles. The van der Waals surface area contributed by atoms with Gasteiger partial charge in [0.05, 0.1) is 7.11 Å². The van der Waals surface area contributed by atoms with Gasteiger partial charge in [-0.1, -0.05) is 30.4 Å². The van der Waals surface area contributed by atoms with E-state index in [1.54, 1.807) is 30.4 Å². The van der Waals surface area contributed by atoms with Gasteiger partial charge in [0.1, 0.15) is 0 Å². The summed E-state index contributed by atoms with van der Waals surface area (Å²) in [7, 11) is 1.53. The molecule has 0 atom stereocenters. The highest BCUT2D eigenvalue weighted by atomic mass is 16.6. The van der Waals surface area contributed by atoms with E-state index in [9.17, 15) is 4.79 Å². The third-order valence-corrected chi connectivity index (χ3v) is 1.82. The number of hydrogen-bond donors (Lipinski definition) is 0. The van der Waals surface area contributed by atoms with E-state index in [0.717, 1.165) is 0 Å². The predicted molar refractivity (Wildman–Crippen MR) is 62.6 cm³/mol. The monoisotopic (exact) mass is 218 g/mol. The average molecular weight is 218 g/mol. The SMILES string of the molecule is C/C=C/C=C/C(=O)Oc1ccccc1OC. The lowest BCUT2D eigenvalue weighted by Gasteiger charge is -2.06. The van der Waals surface area contributed by atoms with Gasteiger partial charge in [0, 0.05) is 6.08 Å². The van der Waals surface area contributed by atoms with Gasteiger partial charge in [0.25, 0.3) is 0 Å². The standard InChI is InChI=1S/C13H14O3/c1-3-4-5-10-13(14)16-12-9-7-6-8-11(12)15-2/h3-10H,1-2H3/b4-3+,10-5+. The summed E-state index contributed by atoms with van der Waals surface area (Å²) in [5.41, 5.74) is 0. The van der Waals surface area contributed by atoms with Crippen molar-refractivity contribution in [1.29, 1.82) is 0 Å². The quantitative estimate of drug-likeness (QED) is 0.337. The fraction of sp³-hybridized carbons (Fsp3) is 0.154. The van der Waals surface area contributed by atoms with E-state index >= 15 is 0 Å². The summed E-state index contributed by atoms with van der Waals surface area (Å²) in [5.74, 6) is 0.526. The first-order valence-electron chi connectivity index (χ1n) is 4.92. The second-order valence-electron chi connectivity index (χ2n) is 2.96. The van der Waals surface area contributed by atoms with Crippen molar-refractivity contribution in [3.05, 3.63) is 48.6 Å². The van der Waals surface area contributed by atoms with Gasteiger partial charge in [0.2, 0.25) is 0 Å². The summed E-state index contributed by atoms with van der Waals surface area (Å²) in [4.78, 5) is 11.4. The molecule has 3 nitrogen and oxygen atoms in total. The van der Waals surface area contributed by atoms with Crippen molar-refractivity contribution >= 4 is 5.97 Å². The molecule has 0 fully saturated rings. The fourth-order valence-electron chi connectivity index (χ4n) is 1.09. The van der Waals surface area contributed by atoms with Crippen molar-refractivity contribution in [3.8, 4) is 11.5 Å². The lowest BCUT2D eigenvalue weighted by Crippen LogP contribution is -2.04. The molecule has 0 saturated carbocycles. The van der Waals surface area contributed by atoms with Crippen LogP contribution in [0, 0.1) is 0 Å². The maximum Gasteiger partial charge on any atom is 0.336 e. The van der Waals surface area contributed by atoms with Crippen molar-refractivity contribution < 1.29 is 14.3 Å². The molecule has 1 rings (SSSR count). The maximum absolute atomic E-state index is 11.4. The van der Waals surface area contributed by atoms with E-state index in [0.29, 0.717) is 11.5 Å². The first kappa shape index (κ1) is 12.0. The third-order valence-electron chi connectivity index (χ3n) is 1.82. The van der Waals surface area contributed by atoms with Crippen molar-refractivity contribution in [2.75, 3.05) is 7.11 Å². The Morgan fingerprint density at radius 3 is 2.50 bits per heavy atom. The van der Waals surface area contributed by atoms with E-state index in [2.05, 4.69) is 0 Å². The Balaban J connectivity index is 2.69. The largest absolute Gasteiger partial charge is 0.493 e. The number of allylic oxidation sites excluding steroid dienone is 3. The zero-order valence-electron chi connectivity index (χ0n) is 9.34. The molecule has 0 spiro atoms. The van der Waals surface area contributed by atoms with Gasteiger partial charge in [-0.25, -0.2) is 4.79 Å². The van der Waals surface area contributed by atoms with Crippen LogP contribution >= 0.6 is 0 Å². The van der Waals surface area contributed by atoms with Gasteiger partial charge in [-0.2, -0.15) is 0 Å². The summed E-state index contributed by atoms with van der Waals surface area (Å²) in [6, 6.07) is 7.01. The fourth-order valence-corrected chi connectivity index (χ4v) is 1.09. The third kappa shape index (κ3) is 3.61. The molecule has 1 aromatic rings. The van der Waals surface area contributed by atoms with Crippen molar-refractivity contribution in [1.82, 2.24) is 0 Å². The molecule has 0 aromatic heterocycles. The second-order valence-corrected chi connectivity index (χ2v) is 2.96. The van der Waals surface area contributed by atoms with Gasteiger partial charge >= 0.3 is 5.97 Å². The minimum Gasteiger partial charge on any atom is -0.493 e. The summed E-state index contributed by atoms with van der Waals surface area (Å²) in [6.07, 6.45) is 6.56. The number of rotatable bonds is 4. The zero-order chi connectivity index (χ0) is 11.8. The lowest BCUT2D eigenvalue weighted by molar-refractivity contribution is -0.129. The van der Waals surface area contributed by atoms with Crippen molar-refractivity contribution in [2.24, 2.45) is 0 Å². The van der Waals surface area contributed by atoms with Crippen LogP contribution in [0.25, 0.3) is 0 Å². The van der Waals surface area contributed by atoms with Crippen LogP contribution in [-0.2, 0) is 4.79 Å². The van der Waals surface area contributed by atoms with Crippen molar-refractivity contribution in [2.45, 2.75) is 6.92 Å². The van der Waals surface area contributed by atoms with Crippen LogP contribution in [0.15, 0.2) is 48.6 Å². The number of ether oxygens (including phenoxy) is 2. The van der Waals surface area contributed by atoms with Crippen LogP contribution in [-0.4, -0.2) is 13.1 Å². The molecule has 0 aliphatic carbocycles. The highest BCUT2D eigenvalue weighted by molar-refractivity contribution is 5.84. The molecule has 16 heavy (non-hydrogen) atoms. The number of para-hydroxylation sites is 2. The van der Waals surface area contributed by atoms with E-state index in [1.807, 2.05) is 19.1 Å². The van der Waals surface area contributed by atoms with Crippen LogP contribution in [0.5, 0.6) is 11.5 Å². The summed E-state index contributed by atoms with van der Waals surface area (Å²) in [5, 5.41) is 0. The molecule has 84 valence electrons. The Labute approximate surface area is 95.0 Å². The average Bonchev–Trinajstić information content (AvgIpc) is 2.30. The van der Waals surface area contributed by atoms with Gasteiger partial charge < -0.3 is 9.47 Å². The van der Waals surface area contributed by atoms with Gasteiger partial charge in [-0.3, -0.25) is 0 Å². The van der Waals surface area contributed by atoms with Crippen molar-refractivity contribution in [3.63, 3.8) is 0 Å². The molecule has 0 amide bonds. The number of carbonyl (C=O) groups excluding carboxylic acids is 1. The van der Waals surface area contributed by atoms with Crippen LogP contribution < -0.4 is 9.47 Å². The Kier molecular flexibility index (Phi) is 4.86.